The zero-order chi connectivity index (χ0) is 14.3. The minimum atomic E-state index is 0.0456. The summed E-state index contributed by atoms with van der Waals surface area (Å²) in [6, 6.07) is 0.504. The van der Waals surface area contributed by atoms with Crippen molar-refractivity contribution in [2.75, 3.05) is 19.8 Å². The SMILES string of the molecule is CCCNC(CCCC1CCCO1)C1(C)CCCCO1. The molecular formula is C17H33NO2. The van der Waals surface area contributed by atoms with Gasteiger partial charge in [0, 0.05) is 19.3 Å². The van der Waals surface area contributed by atoms with Gasteiger partial charge in [-0.3, -0.25) is 0 Å². The van der Waals surface area contributed by atoms with E-state index in [1.807, 2.05) is 0 Å². The molecule has 2 rings (SSSR count). The van der Waals surface area contributed by atoms with Gasteiger partial charge in [-0.05, 0) is 71.3 Å². The van der Waals surface area contributed by atoms with E-state index in [4.69, 9.17) is 9.47 Å². The molecule has 0 bridgehead atoms. The van der Waals surface area contributed by atoms with Crippen molar-refractivity contribution in [3.05, 3.63) is 0 Å². The van der Waals surface area contributed by atoms with Crippen molar-refractivity contribution >= 4 is 0 Å². The van der Waals surface area contributed by atoms with Crippen LogP contribution in [0.15, 0.2) is 0 Å². The van der Waals surface area contributed by atoms with E-state index in [0.717, 1.165) is 19.8 Å². The Bertz CT molecular complexity index is 258. The Balaban J connectivity index is 1.78. The van der Waals surface area contributed by atoms with Gasteiger partial charge in [-0.25, -0.2) is 0 Å². The summed E-state index contributed by atoms with van der Waals surface area (Å²) in [5.74, 6) is 0. The lowest BCUT2D eigenvalue weighted by Gasteiger charge is -2.41. The summed E-state index contributed by atoms with van der Waals surface area (Å²) in [6.45, 7) is 7.56. The van der Waals surface area contributed by atoms with Crippen LogP contribution >= 0.6 is 0 Å². The largest absolute Gasteiger partial charge is 0.378 e. The van der Waals surface area contributed by atoms with Gasteiger partial charge in [0.15, 0.2) is 0 Å². The Hall–Kier alpha value is -0.120. The summed E-state index contributed by atoms with van der Waals surface area (Å²) in [7, 11) is 0. The summed E-state index contributed by atoms with van der Waals surface area (Å²) < 4.78 is 11.9. The van der Waals surface area contributed by atoms with Gasteiger partial charge in [-0.15, -0.1) is 0 Å². The quantitative estimate of drug-likeness (QED) is 0.737. The van der Waals surface area contributed by atoms with Crippen LogP contribution in [-0.2, 0) is 9.47 Å². The molecule has 1 N–H and O–H groups in total. The topological polar surface area (TPSA) is 30.5 Å². The van der Waals surface area contributed by atoms with Crippen molar-refractivity contribution in [1.82, 2.24) is 5.32 Å². The fourth-order valence-corrected chi connectivity index (χ4v) is 3.59. The molecular weight excluding hydrogens is 250 g/mol. The first-order valence-electron chi connectivity index (χ1n) is 8.73. The van der Waals surface area contributed by atoms with Gasteiger partial charge in [0.2, 0.25) is 0 Å². The molecule has 0 aromatic carbocycles. The lowest BCUT2D eigenvalue weighted by molar-refractivity contribution is -0.0907. The first kappa shape index (κ1) is 16.3. The molecule has 118 valence electrons. The lowest BCUT2D eigenvalue weighted by atomic mass is 9.85. The molecule has 3 unspecified atom stereocenters. The predicted octanol–water partition coefficient (Wildman–Crippen LogP) is 3.66. The van der Waals surface area contributed by atoms with Crippen molar-refractivity contribution in [2.45, 2.75) is 89.4 Å². The Morgan fingerprint density at radius 3 is 2.80 bits per heavy atom. The molecule has 3 nitrogen and oxygen atoms in total. The summed E-state index contributed by atoms with van der Waals surface area (Å²) in [5.41, 5.74) is 0.0456. The molecule has 2 aliphatic heterocycles. The molecule has 0 amide bonds. The third kappa shape index (κ3) is 4.71. The molecule has 2 heterocycles. The van der Waals surface area contributed by atoms with Crippen LogP contribution in [0.3, 0.4) is 0 Å². The Labute approximate surface area is 124 Å². The predicted molar refractivity (Wildman–Crippen MR) is 83.1 cm³/mol. The highest BCUT2D eigenvalue weighted by molar-refractivity contribution is 4.91. The Morgan fingerprint density at radius 1 is 1.25 bits per heavy atom. The van der Waals surface area contributed by atoms with Crippen LogP contribution in [0.5, 0.6) is 0 Å². The maximum Gasteiger partial charge on any atom is 0.0806 e. The number of hydrogen-bond donors (Lipinski definition) is 1. The second-order valence-electron chi connectivity index (χ2n) is 6.69. The van der Waals surface area contributed by atoms with Gasteiger partial charge >= 0.3 is 0 Å². The molecule has 0 spiro atoms. The van der Waals surface area contributed by atoms with Crippen molar-refractivity contribution in [3.63, 3.8) is 0 Å². The minimum Gasteiger partial charge on any atom is -0.378 e. The monoisotopic (exact) mass is 283 g/mol. The summed E-state index contributed by atoms with van der Waals surface area (Å²) in [6.07, 6.45) is 11.7. The standard InChI is InChI=1S/C17H33NO2/c1-3-12-18-16(17(2)11-4-5-14-20-17)10-6-8-15-9-7-13-19-15/h15-16,18H,3-14H2,1-2H3. The van der Waals surface area contributed by atoms with Crippen LogP contribution in [0.4, 0.5) is 0 Å². The van der Waals surface area contributed by atoms with Gasteiger partial charge in [0.1, 0.15) is 0 Å². The van der Waals surface area contributed by atoms with E-state index >= 15 is 0 Å². The Kier molecular flexibility index (Phi) is 6.79. The highest BCUT2D eigenvalue weighted by Crippen LogP contribution is 2.31. The first-order chi connectivity index (χ1) is 9.74. The minimum absolute atomic E-state index is 0.0456. The molecule has 3 heteroatoms. The van der Waals surface area contributed by atoms with Crippen molar-refractivity contribution < 1.29 is 9.47 Å². The van der Waals surface area contributed by atoms with E-state index < -0.39 is 0 Å². The van der Waals surface area contributed by atoms with Gasteiger partial charge in [-0.1, -0.05) is 6.92 Å². The molecule has 0 saturated carbocycles. The van der Waals surface area contributed by atoms with E-state index in [1.165, 1.54) is 57.8 Å². The molecule has 20 heavy (non-hydrogen) atoms. The second kappa shape index (κ2) is 8.35. The zero-order valence-corrected chi connectivity index (χ0v) is 13.5. The van der Waals surface area contributed by atoms with Gasteiger partial charge in [0.05, 0.1) is 11.7 Å². The fourth-order valence-electron chi connectivity index (χ4n) is 3.59. The van der Waals surface area contributed by atoms with Crippen LogP contribution in [0.2, 0.25) is 0 Å². The molecule has 3 atom stereocenters. The van der Waals surface area contributed by atoms with Gasteiger partial charge in [0.25, 0.3) is 0 Å². The van der Waals surface area contributed by atoms with Crippen LogP contribution in [0, 0.1) is 0 Å². The molecule has 2 fully saturated rings. The van der Waals surface area contributed by atoms with E-state index in [1.54, 1.807) is 0 Å². The summed E-state index contributed by atoms with van der Waals surface area (Å²) in [5, 5.41) is 3.74. The van der Waals surface area contributed by atoms with E-state index in [-0.39, 0.29) is 5.60 Å². The summed E-state index contributed by atoms with van der Waals surface area (Å²) in [4.78, 5) is 0. The molecule has 0 radical (unpaired) electrons. The summed E-state index contributed by atoms with van der Waals surface area (Å²) >= 11 is 0. The first-order valence-corrected chi connectivity index (χ1v) is 8.73. The van der Waals surface area contributed by atoms with Gasteiger partial charge in [-0.2, -0.15) is 0 Å². The molecule has 2 saturated heterocycles. The van der Waals surface area contributed by atoms with Crippen LogP contribution in [0.1, 0.15) is 71.6 Å². The molecule has 0 aliphatic carbocycles. The highest BCUT2D eigenvalue weighted by atomic mass is 16.5. The van der Waals surface area contributed by atoms with Crippen molar-refractivity contribution in [3.8, 4) is 0 Å². The zero-order valence-electron chi connectivity index (χ0n) is 13.5. The highest BCUT2D eigenvalue weighted by Gasteiger charge is 2.36. The fraction of sp³-hybridized carbons (Fsp3) is 1.00. The lowest BCUT2D eigenvalue weighted by Crippen LogP contribution is -2.52. The number of nitrogens with one attached hydrogen (secondary N) is 1. The number of rotatable bonds is 8. The van der Waals surface area contributed by atoms with Gasteiger partial charge < -0.3 is 14.8 Å². The van der Waals surface area contributed by atoms with Crippen LogP contribution in [0.25, 0.3) is 0 Å². The molecule has 0 aromatic heterocycles. The number of ether oxygens (including phenoxy) is 2. The van der Waals surface area contributed by atoms with E-state index in [0.29, 0.717) is 12.1 Å². The third-order valence-corrected chi connectivity index (χ3v) is 4.92. The normalized spacial score (nSPS) is 32.4. The smallest absolute Gasteiger partial charge is 0.0806 e. The molecule has 2 aliphatic rings. The van der Waals surface area contributed by atoms with E-state index in [2.05, 4.69) is 19.2 Å². The van der Waals surface area contributed by atoms with Crippen LogP contribution in [-0.4, -0.2) is 37.5 Å². The van der Waals surface area contributed by atoms with Crippen LogP contribution < -0.4 is 5.32 Å². The number of hydrogen-bond acceptors (Lipinski definition) is 3. The second-order valence-corrected chi connectivity index (χ2v) is 6.69. The average Bonchev–Trinajstić information content (AvgIpc) is 2.96. The maximum atomic E-state index is 6.15. The average molecular weight is 283 g/mol. The third-order valence-electron chi connectivity index (χ3n) is 4.92. The van der Waals surface area contributed by atoms with Crippen molar-refractivity contribution in [2.24, 2.45) is 0 Å². The molecule has 0 aromatic rings. The van der Waals surface area contributed by atoms with E-state index in [9.17, 15) is 0 Å². The van der Waals surface area contributed by atoms with Crippen molar-refractivity contribution in [1.29, 1.82) is 0 Å². The Morgan fingerprint density at radius 2 is 2.15 bits per heavy atom. The maximum absolute atomic E-state index is 6.15.